The number of epoxide rings is 1. The van der Waals surface area contributed by atoms with Crippen molar-refractivity contribution in [3.8, 4) is 0 Å². The number of rotatable bonds is 0. The van der Waals surface area contributed by atoms with Crippen molar-refractivity contribution < 1.29 is 4.74 Å². The molecule has 1 fully saturated rings. The van der Waals surface area contributed by atoms with E-state index in [1.807, 2.05) is 0 Å². The van der Waals surface area contributed by atoms with E-state index in [0.717, 1.165) is 0 Å². The summed E-state index contributed by atoms with van der Waals surface area (Å²) in [6.45, 7) is 18.0. The van der Waals surface area contributed by atoms with E-state index in [2.05, 4.69) is 55.4 Å². The van der Waals surface area contributed by atoms with Crippen molar-refractivity contribution in [2.24, 2.45) is 10.8 Å². The van der Waals surface area contributed by atoms with E-state index in [1.165, 1.54) is 0 Å². The lowest BCUT2D eigenvalue weighted by Crippen LogP contribution is -2.41. The van der Waals surface area contributed by atoms with Gasteiger partial charge in [0.2, 0.25) is 0 Å². The molecule has 0 aromatic rings. The summed E-state index contributed by atoms with van der Waals surface area (Å²) in [6, 6.07) is 0. The third-order valence-corrected chi connectivity index (χ3v) is 4.14. The van der Waals surface area contributed by atoms with Crippen molar-refractivity contribution in [1.82, 2.24) is 0 Å². The zero-order chi connectivity index (χ0) is 10.7. The lowest BCUT2D eigenvalue weighted by Gasteiger charge is -2.33. The second kappa shape index (κ2) is 2.31. The van der Waals surface area contributed by atoms with E-state index in [9.17, 15) is 0 Å². The molecule has 1 aliphatic rings. The Balaban J connectivity index is 2.95. The first kappa shape index (κ1) is 11.0. The minimum atomic E-state index is 0.0260. The Bertz CT molecular complexity index is 194. The summed E-state index contributed by atoms with van der Waals surface area (Å²) in [5.41, 5.74) is 0.487. The van der Waals surface area contributed by atoms with Crippen molar-refractivity contribution in [3.05, 3.63) is 0 Å². The molecule has 1 aliphatic heterocycles. The Hall–Kier alpha value is -0.0400. The van der Waals surface area contributed by atoms with Crippen LogP contribution in [0.25, 0.3) is 0 Å². The smallest absolute Gasteiger partial charge is 0.100 e. The van der Waals surface area contributed by atoms with Gasteiger partial charge in [0.1, 0.15) is 11.2 Å². The molecule has 1 heterocycles. The highest BCUT2D eigenvalue weighted by molar-refractivity contribution is 5.20. The zero-order valence-electron chi connectivity index (χ0n) is 10.4. The molecule has 13 heavy (non-hydrogen) atoms. The Labute approximate surface area is 82.9 Å². The third kappa shape index (κ3) is 1.24. The Kier molecular flexibility index (Phi) is 1.96. The fourth-order valence-electron chi connectivity index (χ4n) is 2.12. The van der Waals surface area contributed by atoms with E-state index < -0.39 is 0 Å². The first-order valence-electron chi connectivity index (χ1n) is 5.16. The van der Waals surface area contributed by atoms with Crippen molar-refractivity contribution in [1.29, 1.82) is 0 Å². The summed E-state index contributed by atoms with van der Waals surface area (Å²) < 4.78 is 6.02. The standard InChI is InChI=1S/C12H24O/c1-9(2,3)11(7)12(8,13-11)10(4,5)6/h1-8H3/t11-,12+. The molecule has 0 aromatic carbocycles. The van der Waals surface area contributed by atoms with Gasteiger partial charge in [-0.25, -0.2) is 0 Å². The van der Waals surface area contributed by atoms with Crippen LogP contribution < -0.4 is 0 Å². The van der Waals surface area contributed by atoms with Gasteiger partial charge in [0, 0.05) is 0 Å². The lowest BCUT2D eigenvalue weighted by atomic mass is 9.66. The van der Waals surface area contributed by atoms with Gasteiger partial charge in [-0.3, -0.25) is 0 Å². The highest BCUT2D eigenvalue weighted by Gasteiger charge is 2.73. The van der Waals surface area contributed by atoms with Crippen molar-refractivity contribution in [2.75, 3.05) is 0 Å². The van der Waals surface area contributed by atoms with E-state index in [1.54, 1.807) is 0 Å². The second-order valence-corrected chi connectivity index (χ2v) is 6.67. The largest absolute Gasteiger partial charge is 0.362 e. The quantitative estimate of drug-likeness (QED) is 0.524. The molecular formula is C12H24O. The van der Waals surface area contributed by atoms with Gasteiger partial charge < -0.3 is 4.74 Å². The van der Waals surface area contributed by atoms with Crippen LogP contribution in [0.5, 0.6) is 0 Å². The average Bonchev–Trinajstić information content (AvgIpc) is 2.34. The van der Waals surface area contributed by atoms with Gasteiger partial charge >= 0.3 is 0 Å². The molecule has 0 spiro atoms. The summed E-state index contributed by atoms with van der Waals surface area (Å²) in [6.07, 6.45) is 0. The summed E-state index contributed by atoms with van der Waals surface area (Å²) in [4.78, 5) is 0. The molecule has 0 N–H and O–H groups in total. The van der Waals surface area contributed by atoms with Gasteiger partial charge in [-0.05, 0) is 24.7 Å². The van der Waals surface area contributed by atoms with Crippen LogP contribution >= 0.6 is 0 Å². The Morgan fingerprint density at radius 1 is 0.692 bits per heavy atom. The van der Waals surface area contributed by atoms with Crippen LogP contribution in [0.1, 0.15) is 55.4 Å². The summed E-state index contributed by atoms with van der Waals surface area (Å²) >= 11 is 0. The van der Waals surface area contributed by atoms with Crippen LogP contribution in [-0.4, -0.2) is 11.2 Å². The molecule has 1 heteroatoms. The molecule has 0 amide bonds. The molecule has 1 nitrogen and oxygen atoms in total. The summed E-state index contributed by atoms with van der Waals surface area (Å²) in [5.74, 6) is 0. The van der Waals surface area contributed by atoms with Crippen molar-refractivity contribution >= 4 is 0 Å². The number of hydrogen-bond donors (Lipinski definition) is 0. The van der Waals surface area contributed by atoms with Crippen molar-refractivity contribution in [3.63, 3.8) is 0 Å². The number of hydrogen-bond acceptors (Lipinski definition) is 1. The first-order valence-corrected chi connectivity index (χ1v) is 5.16. The fourth-order valence-corrected chi connectivity index (χ4v) is 2.12. The van der Waals surface area contributed by atoms with Gasteiger partial charge in [0.15, 0.2) is 0 Å². The van der Waals surface area contributed by atoms with Crippen LogP contribution in [0.3, 0.4) is 0 Å². The maximum atomic E-state index is 6.02. The summed E-state index contributed by atoms with van der Waals surface area (Å²) in [5, 5.41) is 0. The topological polar surface area (TPSA) is 12.5 Å². The predicted octanol–water partition coefficient (Wildman–Crippen LogP) is 3.63. The normalized spacial score (nSPS) is 40.6. The van der Waals surface area contributed by atoms with Gasteiger partial charge in [-0.15, -0.1) is 0 Å². The maximum Gasteiger partial charge on any atom is 0.100 e. The van der Waals surface area contributed by atoms with Gasteiger partial charge in [0.05, 0.1) is 0 Å². The zero-order valence-corrected chi connectivity index (χ0v) is 10.4. The van der Waals surface area contributed by atoms with E-state index in [-0.39, 0.29) is 22.0 Å². The molecular weight excluding hydrogens is 160 g/mol. The fraction of sp³-hybridized carbons (Fsp3) is 1.00. The molecule has 0 aromatic heterocycles. The molecule has 0 aliphatic carbocycles. The Morgan fingerprint density at radius 3 is 1.00 bits per heavy atom. The highest BCUT2D eigenvalue weighted by atomic mass is 16.6. The van der Waals surface area contributed by atoms with Crippen LogP contribution in [0.15, 0.2) is 0 Å². The minimum Gasteiger partial charge on any atom is -0.362 e. The maximum absolute atomic E-state index is 6.02. The van der Waals surface area contributed by atoms with Crippen LogP contribution in [0, 0.1) is 10.8 Å². The van der Waals surface area contributed by atoms with Crippen LogP contribution in [0.2, 0.25) is 0 Å². The van der Waals surface area contributed by atoms with Gasteiger partial charge in [0.25, 0.3) is 0 Å². The van der Waals surface area contributed by atoms with Gasteiger partial charge in [-0.2, -0.15) is 0 Å². The summed E-state index contributed by atoms with van der Waals surface area (Å²) in [7, 11) is 0. The van der Waals surface area contributed by atoms with Gasteiger partial charge in [-0.1, -0.05) is 41.5 Å². The molecule has 0 radical (unpaired) electrons. The molecule has 78 valence electrons. The SMILES string of the molecule is CC(C)(C)[C@]1(C)O[C@]1(C)C(C)(C)C. The average molecular weight is 184 g/mol. The van der Waals surface area contributed by atoms with E-state index >= 15 is 0 Å². The molecule has 1 rings (SSSR count). The monoisotopic (exact) mass is 184 g/mol. The molecule has 0 saturated carbocycles. The molecule has 2 atom stereocenters. The predicted molar refractivity (Wildman–Crippen MR) is 56.8 cm³/mol. The number of ether oxygens (including phenoxy) is 1. The Morgan fingerprint density at radius 2 is 0.923 bits per heavy atom. The first-order chi connectivity index (χ1) is 5.46. The van der Waals surface area contributed by atoms with Crippen molar-refractivity contribution in [2.45, 2.75) is 66.6 Å². The minimum absolute atomic E-state index is 0.0260. The molecule has 1 saturated heterocycles. The van der Waals surface area contributed by atoms with E-state index in [0.29, 0.717) is 0 Å². The van der Waals surface area contributed by atoms with E-state index in [4.69, 9.17) is 4.74 Å². The van der Waals surface area contributed by atoms with Crippen LogP contribution in [0.4, 0.5) is 0 Å². The lowest BCUT2D eigenvalue weighted by molar-refractivity contribution is 0.156. The molecule has 0 unspecified atom stereocenters. The second-order valence-electron chi connectivity index (χ2n) is 6.67. The molecule has 0 bridgehead atoms. The van der Waals surface area contributed by atoms with Crippen LogP contribution in [-0.2, 0) is 4.74 Å². The third-order valence-electron chi connectivity index (χ3n) is 4.14. The highest BCUT2D eigenvalue weighted by Crippen LogP contribution is 2.64.